The van der Waals surface area contributed by atoms with E-state index in [2.05, 4.69) is 9.88 Å². The van der Waals surface area contributed by atoms with Gasteiger partial charge in [-0.15, -0.1) is 0 Å². The lowest BCUT2D eigenvalue weighted by atomic mass is 10.0. The minimum Gasteiger partial charge on any atom is -0.393 e. The Labute approximate surface area is 107 Å². The molecule has 5 heteroatoms. The van der Waals surface area contributed by atoms with Crippen LogP contribution in [0.25, 0.3) is 0 Å². The number of amidine groups is 1. The van der Waals surface area contributed by atoms with Gasteiger partial charge in [0.15, 0.2) is 0 Å². The summed E-state index contributed by atoms with van der Waals surface area (Å²) in [4.78, 5) is 6.36. The maximum absolute atomic E-state index is 9.57. The lowest BCUT2D eigenvalue weighted by Gasteiger charge is -2.17. The molecule has 1 aromatic heterocycles. The molecule has 0 aliphatic carbocycles. The van der Waals surface area contributed by atoms with Crippen molar-refractivity contribution in [2.75, 3.05) is 13.1 Å². The van der Waals surface area contributed by atoms with Crippen molar-refractivity contribution in [1.29, 1.82) is 5.41 Å². The average molecular weight is 248 g/mol. The van der Waals surface area contributed by atoms with Crippen molar-refractivity contribution in [1.82, 2.24) is 9.88 Å². The van der Waals surface area contributed by atoms with E-state index >= 15 is 0 Å². The lowest BCUT2D eigenvalue weighted by Crippen LogP contribution is -2.24. The van der Waals surface area contributed by atoms with Gasteiger partial charge in [0.25, 0.3) is 0 Å². The highest BCUT2D eigenvalue weighted by atomic mass is 16.3. The van der Waals surface area contributed by atoms with E-state index in [0.717, 1.165) is 31.6 Å². The van der Waals surface area contributed by atoms with Gasteiger partial charge >= 0.3 is 0 Å². The zero-order chi connectivity index (χ0) is 13.1. The largest absolute Gasteiger partial charge is 0.393 e. The highest BCUT2D eigenvalue weighted by molar-refractivity contribution is 5.93. The van der Waals surface area contributed by atoms with Crippen LogP contribution in [0.3, 0.4) is 0 Å². The summed E-state index contributed by atoms with van der Waals surface area (Å²) in [5.74, 6) is 0.374. The van der Waals surface area contributed by atoms with Crippen LogP contribution in [0.15, 0.2) is 18.3 Å². The van der Waals surface area contributed by atoms with Crippen molar-refractivity contribution in [2.45, 2.75) is 26.0 Å². The van der Waals surface area contributed by atoms with E-state index < -0.39 is 0 Å². The number of hydrogen-bond acceptors (Lipinski definition) is 4. The summed E-state index contributed by atoms with van der Waals surface area (Å²) in [5, 5.41) is 16.9. The first-order chi connectivity index (χ1) is 8.56. The standard InChI is InChI=1S/C13H20N4O/c1-9(18)11-3-5-17(8-11)7-10-2-4-16-12(6-10)13(14)15/h2,4,6,9,11,18H,3,5,7-8H2,1H3,(H3,14,15). The van der Waals surface area contributed by atoms with E-state index in [1.807, 2.05) is 19.1 Å². The smallest absolute Gasteiger partial charge is 0.141 e. The lowest BCUT2D eigenvalue weighted by molar-refractivity contribution is 0.127. The Hall–Kier alpha value is -1.46. The molecule has 0 radical (unpaired) electrons. The topological polar surface area (TPSA) is 86.2 Å². The minimum atomic E-state index is -0.236. The summed E-state index contributed by atoms with van der Waals surface area (Å²) in [5.41, 5.74) is 7.07. The Balaban J connectivity index is 1.98. The van der Waals surface area contributed by atoms with Crippen molar-refractivity contribution in [3.63, 3.8) is 0 Å². The molecular weight excluding hydrogens is 228 g/mol. The molecule has 0 bridgehead atoms. The third kappa shape index (κ3) is 3.05. The zero-order valence-electron chi connectivity index (χ0n) is 10.6. The van der Waals surface area contributed by atoms with Gasteiger partial charge in [-0.3, -0.25) is 15.3 Å². The number of likely N-dealkylation sites (tertiary alicyclic amines) is 1. The molecule has 1 saturated heterocycles. The third-order valence-electron chi connectivity index (χ3n) is 3.50. The highest BCUT2D eigenvalue weighted by Gasteiger charge is 2.25. The molecule has 2 unspecified atom stereocenters. The third-order valence-corrected chi connectivity index (χ3v) is 3.50. The maximum Gasteiger partial charge on any atom is 0.141 e. The number of aromatic nitrogens is 1. The van der Waals surface area contributed by atoms with Gasteiger partial charge in [-0.05, 0) is 43.5 Å². The molecule has 2 heterocycles. The first kappa shape index (κ1) is 13.0. The first-order valence-corrected chi connectivity index (χ1v) is 6.26. The first-order valence-electron chi connectivity index (χ1n) is 6.26. The molecule has 1 aliphatic heterocycles. The number of aliphatic hydroxyl groups excluding tert-OH is 1. The number of nitrogens with two attached hydrogens (primary N) is 1. The number of rotatable bonds is 4. The van der Waals surface area contributed by atoms with Crippen LogP contribution < -0.4 is 5.73 Å². The molecule has 0 aromatic carbocycles. The second-order valence-electron chi connectivity index (χ2n) is 4.99. The van der Waals surface area contributed by atoms with E-state index in [4.69, 9.17) is 11.1 Å². The predicted octanol–water partition coefficient (Wildman–Crippen LogP) is 0.568. The van der Waals surface area contributed by atoms with E-state index in [1.165, 1.54) is 0 Å². The van der Waals surface area contributed by atoms with Crippen molar-refractivity contribution in [3.05, 3.63) is 29.6 Å². The molecule has 0 amide bonds. The molecule has 1 fully saturated rings. The fourth-order valence-corrected chi connectivity index (χ4v) is 2.38. The van der Waals surface area contributed by atoms with Gasteiger partial charge in [0.05, 0.1) is 6.10 Å². The molecule has 18 heavy (non-hydrogen) atoms. The number of hydrogen-bond donors (Lipinski definition) is 3. The van der Waals surface area contributed by atoms with Gasteiger partial charge in [-0.25, -0.2) is 0 Å². The molecule has 98 valence electrons. The van der Waals surface area contributed by atoms with E-state index in [9.17, 15) is 5.11 Å². The predicted molar refractivity (Wildman–Crippen MR) is 70.3 cm³/mol. The molecule has 2 rings (SSSR count). The van der Waals surface area contributed by atoms with Crippen LogP contribution >= 0.6 is 0 Å². The molecule has 0 spiro atoms. The quantitative estimate of drug-likeness (QED) is 0.537. The van der Waals surface area contributed by atoms with Crippen LogP contribution in [0.2, 0.25) is 0 Å². The van der Waals surface area contributed by atoms with Crippen LogP contribution in [-0.4, -0.2) is 40.0 Å². The summed E-state index contributed by atoms with van der Waals surface area (Å²) >= 11 is 0. The summed E-state index contributed by atoms with van der Waals surface area (Å²) in [7, 11) is 0. The summed E-state index contributed by atoms with van der Waals surface area (Å²) in [6.45, 7) is 4.61. The van der Waals surface area contributed by atoms with Crippen LogP contribution in [0.1, 0.15) is 24.6 Å². The van der Waals surface area contributed by atoms with Gasteiger partial charge in [-0.2, -0.15) is 0 Å². The summed E-state index contributed by atoms with van der Waals surface area (Å²) in [6.07, 6.45) is 2.50. The van der Waals surface area contributed by atoms with E-state index in [1.54, 1.807) is 6.20 Å². The second kappa shape index (κ2) is 5.46. The fraction of sp³-hybridized carbons (Fsp3) is 0.538. The normalized spacial score (nSPS) is 22.0. The van der Waals surface area contributed by atoms with Crippen molar-refractivity contribution in [3.8, 4) is 0 Å². The number of nitrogens with zero attached hydrogens (tertiary/aromatic N) is 2. The van der Waals surface area contributed by atoms with Crippen molar-refractivity contribution >= 4 is 5.84 Å². The number of aliphatic hydroxyl groups is 1. The van der Waals surface area contributed by atoms with Crippen molar-refractivity contribution < 1.29 is 5.11 Å². The molecule has 2 atom stereocenters. The fourth-order valence-electron chi connectivity index (χ4n) is 2.38. The molecule has 1 aliphatic rings. The average Bonchev–Trinajstić information content (AvgIpc) is 2.78. The van der Waals surface area contributed by atoms with Crippen LogP contribution in [-0.2, 0) is 6.54 Å². The number of nitrogens with one attached hydrogen (secondary N) is 1. The molecule has 1 aromatic rings. The zero-order valence-corrected chi connectivity index (χ0v) is 10.6. The number of pyridine rings is 1. The number of nitrogen functional groups attached to an aromatic ring is 1. The second-order valence-corrected chi connectivity index (χ2v) is 4.99. The Morgan fingerprint density at radius 3 is 3.11 bits per heavy atom. The molecular formula is C13H20N4O. The van der Waals surface area contributed by atoms with Gasteiger partial charge < -0.3 is 10.8 Å². The summed E-state index contributed by atoms with van der Waals surface area (Å²) in [6, 6.07) is 3.81. The Kier molecular flexibility index (Phi) is 3.93. The van der Waals surface area contributed by atoms with Crippen LogP contribution in [0.4, 0.5) is 0 Å². The molecule has 5 nitrogen and oxygen atoms in total. The maximum atomic E-state index is 9.57. The summed E-state index contributed by atoms with van der Waals surface area (Å²) < 4.78 is 0. The van der Waals surface area contributed by atoms with Crippen molar-refractivity contribution in [2.24, 2.45) is 11.7 Å². The van der Waals surface area contributed by atoms with Gasteiger partial charge in [0, 0.05) is 19.3 Å². The Morgan fingerprint density at radius 1 is 1.72 bits per heavy atom. The minimum absolute atomic E-state index is 0.000119. The monoisotopic (exact) mass is 248 g/mol. The van der Waals surface area contributed by atoms with Crippen LogP contribution in [0, 0.1) is 11.3 Å². The highest BCUT2D eigenvalue weighted by Crippen LogP contribution is 2.21. The van der Waals surface area contributed by atoms with Crippen LogP contribution in [0.5, 0.6) is 0 Å². The van der Waals surface area contributed by atoms with E-state index in [-0.39, 0.29) is 11.9 Å². The van der Waals surface area contributed by atoms with Gasteiger partial charge in [-0.1, -0.05) is 0 Å². The molecule has 0 saturated carbocycles. The molecule has 4 N–H and O–H groups in total. The Bertz CT molecular complexity index is 433. The SMILES string of the molecule is CC(O)C1CCN(Cc2ccnc(C(=N)N)c2)C1. The van der Waals surface area contributed by atoms with Gasteiger partial charge in [0.1, 0.15) is 11.5 Å². The van der Waals surface area contributed by atoms with E-state index in [0.29, 0.717) is 11.6 Å². The Morgan fingerprint density at radius 2 is 2.50 bits per heavy atom. The van der Waals surface area contributed by atoms with Gasteiger partial charge in [0.2, 0.25) is 0 Å².